The van der Waals surface area contributed by atoms with Gasteiger partial charge >= 0.3 is 6.18 Å². The maximum atomic E-state index is 12.6. The Hall–Kier alpha value is -2.92. The molecular formula is C18H17ClF3N5O3. The number of piperazine rings is 1. The minimum absolute atomic E-state index is 0.0219. The van der Waals surface area contributed by atoms with Crippen molar-refractivity contribution in [3.05, 3.63) is 57.2 Å². The molecule has 1 aromatic carbocycles. The number of rotatable bonds is 5. The van der Waals surface area contributed by atoms with E-state index in [0.29, 0.717) is 32.0 Å². The minimum Gasteiger partial charge on any atom is -0.354 e. The first-order valence-electron chi connectivity index (χ1n) is 8.88. The molecule has 0 radical (unpaired) electrons. The highest BCUT2D eigenvalue weighted by molar-refractivity contribution is 6.31. The Balaban J connectivity index is 1.54. The predicted octanol–water partition coefficient (Wildman–Crippen LogP) is 3.42. The SMILES string of the molecule is O=C(CN1CCN(c2ccc(C(F)(F)F)cn2)CC1)Nc1ccc(Cl)cc1[N+](=O)[O-]. The molecule has 1 fully saturated rings. The van der Waals surface area contributed by atoms with Crippen LogP contribution in [0.2, 0.25) is 5.02 Å². The third kappa shape index (κ3) is 5.36. The fraction of sp³-hybridized carbons (Fsp3) is 0.333. The van der Waals surface area contributed by atoms with Crippen molar-refractivity contribution >= 4 is 34.7 Å². The quantitative estimate of drug-likeness (QED) is 0.562. The van der Waals surface area contributed by atoms with E-state index in [-0.39, 0.29) is 22.9 Å². The van der Waals surface area contributed by atoms with E-state index in [1.807, 2.05) is 9.80 Å². The Labute approximate surface area is 174 Å². The van der Waals surface area contributed by atoms with E-state index < -0.39 is 22.6 Å². The van der Waals surface area contributed by atoms with Crippen LogP contribution in [0.5, 0.6) is 0 Å². The van der Waals surface area contributed by atoms with Gasteiger partial charge in [-0.05, 0) is 24.3 Å². The number of alkyl halides is 3. The van der Waals surface area contributed by atoms with Crippen LogP contribution < -0.4 is 10.2 Å². The standard InChI is InChI=1S/C18H17ClF3N5O3/c19-13-2-3-14(15(9-13)27(29)30)24-17(28)11-25-5-7-26(8-6-25)16-4-1-12(10-23-16)18(20,21)22/h1-4,9-10H,5-8,11H2,(H,24,28). The molecule has 0 aliphatic carbocycles. The normalized spacial score (nSPS) is 15.1. The number of aromatic nitrogens is 1. The number of nitrogens with zero attached hydrogens (tertiary/aromatic N) is 4. The highest BCUT2D eigenvalue weighted by Crippen LogP contribution is 2.30. The summed E-state index contributed by atoms with van der Waals surface area (Å²) in [6.45, 7) is 1.95. The Kier molecular flexibility index (Phi) is 6.42. The molecule has 2 aromatic rings. The fourth-order valence-electron chi connectivity index (χ4n) is 3.03. The van der Waals surface area contributed by atoms with Gasteiger partial charge in [0.2, 0.25) is 5.91 Å². The summed E-state index contributed by atoms with van der Waals surface area (Å²) in [6.07, 6.45) is -3.63. The minimum atomic E-state index is -4.43. The van der Waals surface area contributed by atoms with E-state index >= 15 is 0 Å². The summed E-state index contributed by atoms with van der Waals surface area (Å²) in [6, 6.07) is 6.28. The number of hydrogen-bond acceptors (Lipinski definition) is 6. The molecule has 30 heavy (non-hydrogen) atoms. The summed E-state index contributed by atoms with van der Waals surface area (Å²) in [4.78, 5) is 30.3. The summed E-state index contributed by atoms with van der Waals surface area (Å²) in [5, 5.41) is 13.8. The monoisotopic (exact) mass is 443 g/mol. The van der Waals surface area contributed by atoms with Crippen molar-refractivity contribution in [2.45, 2.75) is 6.18 Å². The van der Waals surface area contributed by atoms with Crippen molar-refractivity contribution in [1.29, 1.82) is 0 Å². The van der Waals surface area contributed by atoms with Gasteiger partial charge in [0.25, 0.3) is 5.69 Å². The smallest absolute Gasteiger partial charge is 0.354 e. The number of carbonyl (C=O) groups excluding carboxylic acids is 1. The number of nitro groups is 1. The zero-order valence-electron chi connectivity index (χ0n) is 15.5. The maximum absolute atomic E-state index is 12.6. The molecule has 1 aliphatic heterocycles. The molecule has 1 amide bonds. The second-order valence-corrected chi connectivity index (χ2v) is 7.07. The zero-order valence-corrected chi connectivity index (χ0v) is 16.3. The van der Waals surface area contributed by atoms with Crippen molar-refractivity contribution in [2.24, 2.45) is 0 Å². The number of amides is 1. The van der Waals surface area contributed by atoms with Crippen LogP contribution in [0.4, 0.5) is 30.4 Å². The van der Waals surface area contributed by atoms with Gasteiger partial charge in [-0.15, -0.1) is 0 Å². The van der Waals surface area contributed by atoms with Gasteiger partial charge in [0, 0.05) is 43.5 Å². The molecule has 1 N–H and O–H groups in total. The summed E-state index contributed by atoms with van der Waals surface area (Å²) in [5.41, 5.74) is -1.05. The largest absolute Gasteiger partial charge is 0.417 e. The molecule has 8 nitrogen and oxygen atoms in total. The molecule has 1 aromatic heterocycles. The van der Waals surface area contributed by atoms with E-state index in [4.69, 9.17) is 11.6 Å². The number of hydrogen-bond donors (Lipinski definition) is 1. The Morgan fingerprint density at radius 2 is 1.90 bits per heavy atom. The second kappa shape index (κ2) is 8.84. The van der Waals surface area contributed by atoms with E-state index in [1.54, 1.807) is 0 Å². The molecule has 3 rings (SSSR count). The molecule has 1 saturated heterocycles. The molecular weight excluding hydrogens is 427 g/mol. The van der Waals surface area contributed by atoms with Crippen LogP contribution in [0.3, 0.4) is 0 Å². The van der Waals surface area contributed by atoms with Crippen LogP contribution in [-0.2, 0) is 11.0 Å². The fourth-order valence-corrected chi connectivity index (χ4v) is 3.20. The molecule has 160 valence electrons. The lowest BCUT2D eigenvalue weighted by atomic mass is 10.2. The molecule has 0 atom stereocenters. The van der Waals surface area contributed by atoms with E-state index in [9.17, 15) is 28.1 Å². The topological polar surface area (TPSA) is 91.6 Å². The van der Waals surface area contributed by atoms with Crippen LogP contribution in [-0.4, -0.2) is 53.4 Å². The first kappa shape index (κ1) is 21.8. The number of anilines is 2. The molecule has 0 spiro atoms. The molecule has 0 unspecified atom stereocenters. The first-order chi connectivity index (χ1) is 14.1. The average Bonchev–Trinajstić information content (AvgIpc) is 2.69. The van der Waals surface area contributed by atoms with Gasteiger partial charge in [-0.2, -0.15) is 13.2 Å². The first-order valence-corrected chi connectivity index (χ1v) is 9.25. The average molecular weight is 444 g/mol. The van der Waals surface area contributed by atoms with Crippen LogP contribution >= 0.6 is 11.6 Å². The third-order valence-corrected chi connectivity index (χ3v) is 4.80. The lowest BCUT2D eigenvalue weighted by Gasteiger charge is -2.35. The highest BCUT2D eigenvalue weighted by atomic mass is 35.5. The maximum Gasteiger partial charge on any atom is 0.417 e. The van der Waals surface area contributed by atoms with E-state index in [2.05, 4.69) is 10.3 Å². The zero-order chi connectivity index (χ0) is 21.9. The van der Waals surface area contributed by atoms with Crippen LogP contribution in [0, 0.1) is 10.1 Å². The molecule has 1 aliphatic rings. The van der Waals surface area contributed by atoms with Gasteiger partial charge in [-0.3, -0.25) is 19.8 Å². The van der Waals surface area contributed by atoms with E-state index in [0.717, 1.165) is 18.3 Å². The van der Waals surface area contributed by atoms with Gasteiger partial charge in [-0.1, -0.05) is 11.6 Å². The molecule has 2 heterocycles. The predicted molar refractivity (Wildman–Crippen MR) is 105 cm³/mol. The Bertz CT molecular complexity index is 932. The second-order valence-electron chi connectivity index (χ2n) is 6.63. The van der Waals surface area contributed by atoms with Crippen molar-refractivity contribution in [1.82, 2.24) is 9.88 Å². The third-order valence-electron chi connectivity index (χ3n) is 4.57. The van der Waals surface area contributed by atoms with Crippen LogP contribution in [0.25, 0.3) is 0 Å². The van der Waals surface area contributed by atoms with Gasteiger partial charge in [0.15, 0.2) is 0 Å². The summed E-state index contributed by atoms with van der Waals surface area (Å²) < 4.78 is 37.9. The number of nitro benzene ring substituents is 1. The number of halogens is 4. The lowest BCUT2D eigenvalue weighted by molar-refractivity contribution is -0.383. The van der Waals surface area contributed by atoms with Crippen LogP contribution in [0.1, 0.15) is 5.56 Å². The Morgan fingerprint density at radius 1 is 1.20 bits per heavy atom. The number of pyridine rings is 1. The number of carbonyl (C=O) groups is 1. The highest BCUT2D eigenvalue weighted by Gasteiger charge is 2.31. The van der Waals surface area contributed by atoms with Gasteiger partial charge in [0.1, 0.15) is 11.5 Å². The van der Waals surface area contributed by atoms with Gasteiger partial charge < -0.3 is 10.2 Å². The number of nitrogens with one attached hydrogen (secondary N) is 1. The molecule has 0 bridgehead atoms. The van der Waals surface area contributed by atoms with Crippen molar-refractivity contribution in [3.63, 3.8) is 0 Å². The van der Waals surface area contributed by atoms with Crippen molar-refractivity contribution < 1.29 is 22.9 Å². The van der Waals surface area contributed by atoms with Gasteiger partial charge in [0.05, 0.1) is 17.0 Å². The molecule has 12 heteroatoms. The van der Waals surface area contributed by atoms with Gasteiger partial charge in [-0.25, -0.2) is 4.98 Å². The van der Waals surface area contributed by atoms with Crippen LogP contribution in [0.15, 0.2) is 36.5 Å². The van der Waals surface area contributed by atoms with Crippen molar-refractivity contribution in [2.75, 3.05) is 42.9 Å². The lowest BCUT2D eigenvalue weighted by Crippen LogP contribution is -2.49. The molecule has 0 saturated carbocycles. The Morgan fingerprint density at radius 3 is 2.47 bits per heavy atom. The summed E-state index contributed by atoms with van der Waals surface area (Å²) in [7, 11) is 0. The van der Waals surface area contributed by atoms with E-state index in [1.165, 1.54) is 18.2 Å². The van der Waals surface area contributed by atoms with Crippen molar-refractivity contribution in [3.8, 4) is 0 Å². The summed E-state index contributed by atoms with van der Waals surface area (Å²) >= 11 is 5.76. The summed E-state index contributed by atoms with van der Waals surface area (Å²) in [5.74, 6) is 0.0189. The number of benzene rings is 1.